The summed E-state index contributed by atoms with van der Waals surface area (Å²) in [4.78, 5) is 31.2. The zero-order valence-electron chi connectivity index (χ0n) is 12.7. The van der Waals surface area contributed by atoms with Gasteiger partial charge in [0.25, 0.3) is 17.4 Å². The van der Waals surface area contributed by atoms with Crippen molar-refractivity contribution in [3.05, 3.63) is 57.5 Å². The van der Waals surface area contributed by atoms with Crippen LogP contribution in [0.4, 0.5) is 0 Å². The molecular weight excluding hydrogens is 312 g/mol. The SMILES string of the molecule is O=C(NCc1noc(-c2ccco2)n1)c1cc2c([nH]c1=O)CCC2. The second kappa shape index (κ2) is 5.80. The molecule has 4 rings (SSSR count). The third-order valence-corrected chi connectivity index (χ3v) is 3.94. The molecule has 0 unspecified atom stereocenters. The number of carbonyl (C=O) groups excluding carboxylic acids is 1. The second-order valence-corrected chi connectivity index (χ2v) is 5.55. The normalized spacial score (nSPS) is 13.0. The fourth-order valence-electron chi connectivity index (χ4n) is 2.76. The van der Waals surface area contributed by atoms with Crippen molar-refractivity contribution >= 4 is 5.91 Å². The smallest absolute Gasteiger partial charge is 0.293 e. The predicted octanol–water partition coefficient (Wildman–Crippen LogP) is 1.44. The Hall–Kier alpha value is -3.16. The molecular formula is C16H14N4O4. The Bertz CT molecular complexity index is 939. The highest BCUT2D eigenvalue weighted by molar-refractivity contribution is 5.94. The zero-order chi connectivity index (χ0) is 16.5. The van der Waals surface area contributed by atoms with Gasteiger partial charge in [0.05, 0.1) is 12.8 Å². The van der Waals surface area contributed by atoms with Gasteiger partial charge in [-0.15, -0.1) is 0 Å². The molecule has 0 fully saturated rings. The van der Waals surface area contributed by atoms with Crippen molar-refractivity contribution in [2.75, 3.05) is 0 Å². The molecule has 24 heavy (non-hydrogen) atoms. The minimum absolute atomic E-state index is 0.0551. The highest BCUT2D eigenvalue weighted by Gasteiger charge is 2.18. The summed E-state index contributed by atoms with van der Waals surface area (Å²) in [6.07, 6.45) is 4.23. The summed E-state index contributed by atoms with van der Waals surface area (Å²) in [5, 5.41) is 6.40. The van der Waals surface area contributed by atoms with Crippen LogP contribution in [0.25, 0.3) is 11.7 Å². The Morgan fingerprint density at radius 3 is 3.12 bits per heavy atom. The van der Waals surface area contributed by atoms with Crippen molar-refractivity contribution < 1.29 is 13.7 Å². The van der Waals surface area contributed by atoms with E-state index in [9.17, 15) is 9.59 Å². The Morgan fingerprint density at radius 2 is 2.29 bits per heavy atom. The molecule has 0 radical (unpaired) electrons. The maximum absolute atomic E-state index is 12.2. The maximum Gasteiger partial charge on any atom is 0.293 e. The van der Waals surface area contributed by atoms with Gasteiger partial charge in [-0.2, -0.15) is 4.98 Å². The third-order valence-electron chi connectivity index (χ3n) is 3.94. The molecule has 3 aromatic rings. The van der Waals surface area contributed by atoms with Gasteiger partial charge >= 0.3 is 0 Å². The fourth-order valence-corrected chi connectivity index (χ4v) is 2.76. The summed E-state index contributed by atoms with van der Waals surface area (Å²) in [5.74, 6) is 0.525. The van der Waals surface area contributed by atoms with E-state index in [0.717, 1.165) is 30.5 Å². The number of carbonyl (C=O) groups is 1. The molecule has 1 aliphatic carbocycles. The van der Waals surface area contributed by atoms with Crippen LogP contribution >= 0.6 is 0 Å². The molecule has 8 nitrogen and oxygen atoms in total. The number of nitrogens with one attached hydrogen (secondary N) is 2. The minimum Gasteiger partial charge on any atom is -0.459 e. The van der Waals surface area contributed by atoms with Gasteiger partial charge in [0, 0.05) is 5.69 Å². The number of hydrogen-bond acceptors (Lipinski definition) is 6. The molecule has 1 amide bonds. The van der Waals surface area contributed by atoms with Gasteiger partial charge in [0.15, 0.2) is 11.6 Å². The Kier molecular flexibility index (Phi) is 3.49. The van der Waals surface area contributed by atoms with Gasteiger partial charge in [-0.3, -0.25) is 9.59 Å². The van der Waals surface area contributed by atoms with Crippen molar-refractivity contribution in [1.82, 2.24) is 20.4 Å². The van der Waals surface area contributed by atoms with E-state index in [-0.39, 0.29) is 23.6 Å². The van der Waals surface area contributed by atoms with E-state index in [0.29, 0.717) is 11.6 Å². The fraction of sp³-hybridized carbons (Fsp3) is 0.250. The van der Waals surface area contributed by atoms with Gasteiger partial charge in [-0.25, -0.2) is 0 Å². The second-order valence-electron chi connectivity index (χ2n) is 5.55. The summed E-state index contributed by atoms with van der Waals surface area (Å²) >= 11 is 0. The van der Waals surface area contributed by atoms with E-state index in [1.807, 2.05) is 0 Å². The molecule has 3 aromatic heterocycles. The molecule has 0 aromatic carbocycles. The van der Waals surface area contributed by atoms with Crippen LogP contribution in [-0.4, -0.2) is 21.0 Å². The molecule has 0 atom stereocenters. The van der Waals surface area contributed by atoms with Crippen LogP contribution in [0.1, 0.15) is 33.9 Å². The predicted molar refractivity (Wildman–Crippen MR) is 82.3 cm³/mol. The third kappa shape index (κ3) is 2.62. The van der Waals surface area contributed by atoms with Crippen molar-refractivity contribution in [2.45, 2.75) is 25.8 Å². The monoisotopic (exact) mass is 326 g/mol. The van der Waals surface area contributed by atoms with E-state index in [1.54, 1.807) is 18.2 Å². The van der Waals surface area contributed by atoms with Crippen molar-refractivity contribution in [1.29, 1.82) is 0 Å². The van der Waals surface area contributed by atoms with Gasteiger partial charge < -0.3 is 19.2 Å². The van der Waals surface area contributed by atoms with E-state index in [4.69, 9.17) is 8.94 Å². The lowest BCUT2D eigenvalue weighted by Gasteiger charge is -2.04. The summed E-state index contributed by atoms with van der Waals surface area (Å²) in [7, 11) is 0. The van der Waals surface area contributed by atoms with E-state index in [2.05, 4.69) is 20.4 Å². The maximum atomic E-state index is 12.2. The van der Waals surface area contributed by atoms with Crippen LogP contribution in [0.2, 0.25) is 0 Å². The average molecular weight is 326 g/mol. The van der Waals surface area contributed by atoms with Crippen molar-refractivity contribution in [2.24, 2.45) is 0 Å². The first-order chi connectivity index (χ1) is 11.7. The molecule has 0 saturated heterocycles. The molecule has 3 heterocycles. The minimum atomic E-state index is -0.463. The van der Waals surface area contributed by atoms with Gasteiger partial charge in [0.1, 0.15) is 5.56 Å². The van der Waals surface area contributed by atoms with Crippen LogP contribution in [0.15, 0.2) is 38.2 Å². The number of pyridine rings is 1. The lowest BCUT2D eigenvalue weighted by Crippen LogP contribution is -2.30. The van der Waals surface area contributed by atoms with E-state index < -0.39 is 5.91 Å². The number of aryl methyl sites for hydroxylation is 2. The average Bonchev–Trinajstić information content (AvgIpc) is 3.31. The lowest BCUT2D eigenvalue weighted by molar-refractivity contribution is 0.0948. The number of aromatic amines is 1. The number of rotatable bonds is 4. The highest BCUT2D eigenvalue weighted by atomic mass is 16.5. The van der Waals surface area contributed by atoms with Gasteiger partial charge in [0.2, 0.25) is 0 Å². The Balaban J connectivity index is 1.47. The summed E-state index contributed by atoms with van der Waals surface area (Å²) in [6, 6.07) is 5.07. The van der Waals surface area contributed by atoms with Crippen LogP contribution < -0.4 is 10.9 Å². The number of fused-ring (bicyclic) bond motifs is 1. The van der Waals surface area contributed by atoms with Crippen molar-refractivity contribution in [3.63, 3.8) is 0 Å². The van der Waals surface area contributed by atoms with Gasteiger partial charge in [-0.1, -0.05) is 5.16 Å². The molecule has 0 bridgehead atoms. The summed E-state index contributed by atoms with van der Waals surface area (Å²) < 4.78 is 10.2. The van der Waals surface area contributed by atoms with E-state index >= 15 is 0 Å². The first-order valence-electron chi connectivity index (χ1n) is 7.60. The van der Waals surface area contributed by atoms with Crippen LogP contribution in [0.5, 0.6) is 0 Å². The highest BCUT2D eigenvalue weighted by Crippen LogP contribution is 2.19. The number of furan rings is 1. The number of H-pyrrole nitrogens is 1. The standard InChI is InChI=1S/C16H14N4O4/c21-14(10-7-9-3-1-4-11(9)18-15(10)22)17-8-13-19-16(24-20-13)12-5-2-6-23-12/h2,5-7H,1,3-4,8H2,(H,17,21)(H,18,22). The first kappa shape index (κ1) is 14.4. The van der Waals surface area contributed by atoms with Gasteiger partial charge in [-0.05, 0) is 43.0 Å². The largest absolute Gasteiger partial charge is 0.459 e. The summed E-state index contributed by atoms with van der Waals surface area (Å²) in [5.41, 5.74) is 1.68. The quantitative estimate of drug-likeness (QED) is 0.750. The molecule has 2 N–H and O–H groups in total. The van der Waals surface area contributed by atoms with Crippen LogP contribution in [0.3, 0.4) is 0 Å². The molecule has 0 aliphatic heterocycles. The zero-order valence-corrected chi connectivity index (χ0v) is 12.7. The Morgan fingerprint density at radius 1 is 1.38 bits per heavy atom. The van der Waals surface area contributed by atoms with Crippen molar-refractivity contribution in [3.8, 4) is 11.7 Å². The lowest BCUT2D eigenvalue weighted by atomic mass is 10.1. The molecule has 122 valence electrons. The molecule has 8 heteroatoms. The Labute approximate surface area is 135 Å². The first-order valence-corrected chi connectivity index (χ1v) is 7.60. The molecule has 0 saturated carbocycles. The van der Waals surface area contributed by atoms with Crippen LogP contribution in [-0.2, 0) is 19.4 Å². The number of aromatic nitrogens is 3. The summed E-state index contributed by atoms with van der Waals surface area (Å²) in [6.45, 7) is 0.0551. The number of hydrogen-bond donors (Lipinski definition) is 2. The number of nitrogens with zero attached hydrogens (tertiary/aromatic N) is 2. The van der Waals surface area contributed by atoms with E-state index in [1.165, 1.54) is 6.26 Å². The van der Waals surface area contributed by atoms with Crippen LogP contribution in [0, 0.1) is 0 Å². The molecule has 0 spiro atoms. The molecule has 1 aliphatic rings. The number of amides is 1. The topological polar surface area (TPSA) is 114 Å².